The molecule has 2 saturated heterocycles. The molecule has 2 unspecified atom stereocenters. The average Bonchev–Trinajstić information content (AvgIpc) is 2.29. The third-order valence-corrected chi connectivity index (χ3v) is 3.68. The molecule has 2 aliphatic heterocycles. The van der Waals surface area contributed by atoms with Gasteiger partial charge in [0.25, 0.3) is 0 Å². The van der Waals surface area contributed by atoms with Gasteiger partial charge in [0.2, 0.25) is 0 Å². The first-order valence-corrected chi connectivity index (χ1v) is 6.06. The molecule has 2 atom stereocenters. The molecule has 2 N–H and O–H groups in total. The molecular formula is C11H22N4O. The van der Waals surface area contributed by atoms with E-state index in [0.29, 0.717) is 5.78 Å². The van der Waals surface area contributed by atoms with Crippen LogP contribution in [-0.2, 0) is 4.79 Å². The molecule has 16 heavy (non-hydrogen) atoms. The van der Waals surface area contributed by atoms with E-state index in [4.69, 9.17) is 0 Å². The molecule has 0 aromatic rings. The molecule has 2 aliphatic rings. The Morgan fingerprint density at radius 3 is 1.81 bits per heavy atom. The Balaban J connectivity index is 1.99. The lowest BCUT2D eigenvalue weighted by Gasteiger charge is -2.38. The fourth-order valence-electron chi connectivity index (χ4n) is 2.47. The second-order valence-electron chi connectivity index (χ2n) is 4.80. The Morgan fingerprint density at radius 2 is 1.44 bits per heavy atom. The molecule has 0 amide bonds. The van der Waals surface area contributed by atoms with Crippen LogP contribution in [0.2, 0.25) is 0 Å². The van der Waals surface area contributed by atoms with Gasteiger partial charge >= 0.3 is 0 Å². The van der Waals surface area contributed by atoms with E-state index in [1.54, 1.807) is 0 Å². The number of Topliss-reactive ketones (excluding diaryl/α,β-unsaturated/α-hetero) is 1. The Kier molecular flexibility index (Phi) is 3.91. The predicted octanol–water partition coefficient (Wildman–Crippen LogP) is -1.64. The van der Waals surface area contributed by atoms with Gasteiger partial charge in [0.05, 0.1) is 12.1 Å². The van der Waals surface area contributed by atoms with E-state index < -0.39 is 0 Å². The third kappa shape index (κ3) is 2.43. The molecule has 0 radical (unpaired) electrons. The number of nitrogens with zero attached hydrogens (tertiary/aromatic N) is 2. The van der Waals surface area contributed by atoms with Crippen molar-refractivity contribution in [3.8, 4) is 0 Å². The van der Waals surface area contributed by atoms with Crippen molar-refractivity contribution in [2.75, 3.05) is 53.4 Å². The first-order chi connectivity index (χ1) is 7.70. The quantitative estimate of drug-likeness (QED) is 0.591. The maximum atomic E-state index is 12.4. The van der Waals surface area contributed by atoms with Crippen molar-refractivity contribution in [2.45, 2.75) is 12.1 Å². The topological polar surface area (TPSA) is 47.6 Å². The highest BCUT2D eigenvalue weighted by Crippen LogP contribution is 2.09. The molecule has 5 heteroatoms. The van der Waals surface area contributed by atoms with Gasteiger partial charge in [0.15, 0.2) is 5.78 Å². The number of hydrogen-bond donors (Lipinski definition) is 2. The van der Waals surface area contributed by atoms with Crippen LogP contribution in [0.5, 0.6) is 0 Å². The van der Waals surface area contributed by atoms with Gasteiger partial charge in [0.1, 0.15) is 0 Å². The van der Waals surface area contributed by atoms with Crippen molar-refractivity contribution in [1.82, 2.24) is 20.4 Å². The summed E-state index contributed by atoms with van der Waals surface area (Å²) in [6.45, 7) is 5.47. The Bertz CT molecular complexity index is 234. The van der Waals surface area contributed by atoms with E-state index in [2.05, 4.69) is 20.4 Å². The first kappa shape index (κ1) is 12.0. The van der Waals surface area contributed by atoms with E-state index in [0.717, 1.165) is 39.3 Å². The molecule has 0 aliphatic carbocycles. The molecular weight excluding hydrogens is 204 g/mol. The second-order valence-corrected chi connectivity index (χ2v) is 4.80. The number of ketones is 1. The molecule has 0 bridgehead atoms. The van der Waals surface area contributed by atoms with Crippen molar-refractivity contribution < 1.29 is 4.79 Å². The summed E-state index contributed by atoms with van der Waals surface area (Å²) < 4.78 is 0. The van der Waals surface area contributed by atoms with Crippen LogP contribution in [0.3, 0.4) is 0 Å². The summed E-state index contributed by atoms with van der Waals surface area (Å²) >= 11 is 0. The van der Waals surface area contributed by atoms with E-state index in [-0.39, 0.29) is 12.1 Å². The molecule has 2 rings (SSSR count). The van der Waals surface area contributed by atoms with Crippen LogP contribution in [0.15, 0.2) is 0 Å². The summed E-state index contributed by atoms with van der Waals surface area (Å²) in [5.41, 5.74) is 0. The summed E-state index contributed by atoms with van der Waals surface area (Å²) in [6.07, 6.45) is 0. The standard InChI is InChI=1S/C11H22N4O/c1-14-5-3-12-7-9(14)11(16)10-8-13-4-6-15(10)2/h9-10,12-13H,3-8H2,1-2H3. The van der Waals surface area contributed by atoms with Crippen molar-refractivity contribution in [3.63, 3.8) is 0 Å². The lowest BCUT2D eigenvalue weighted by atomic mass is 10.00. The summed E-state index contributed by atoms with van der Waals surface area (Å²) in [5.74, 6) is 0.351. The van der Waals surface area contributed by atoms with Crippen LogP contribution >= 0.6 is 0 Å². The number of rotatable bonds is 2. The Labute approximate surface area is 97.2 Å². The molecule has 2 heterocycles. The third-order valence-electron chi connectivity index (χ3n) is 3.68. The van der Waals surface area contributed by atoms with Gasteiger partial charge in [-0.05, 0) is 14.1 Å². The normalized spacial score (nSPS) is 33.9. The molecule has 0 aromatic heterocycles. The van der Waals surface area contributed by atoms with Crippen LogP contribution in [-0.4, -0.2) is 81.0 Å². The zero-order valence-corrected chi connectivity index (χ0v) is 10.2. The number of carbonyl (C=O) groups is 1. The number of carbonyl (C=O) groups excluding carboxylic acids is 1. The van der Waals surface area contributed by atoms with E-state index in [9.17, 15) is 4.79 Å². The minimum absolute atomic E-state index is 0.0427. The summed E-state index contributed by atoms with van der Waals surface area (Å²) in [4.78, 5) is 16.7. The van der Waals surface area contributed by atoms with Gasteiger partial charge in [-0.25, -0.2) is 0 Å². The Morgan fingerprint density at radius 1 is 1.00 bits per heavy atom. The van der Waals surface area contributed by atoms with Gasteiger partial charge in [0, 0.05) is 39.3 Å². The van der Waals surface area contributed by atoms with Crippen molar-refractivity contribution in [2.24, 2.45) is 0 Å². The van der Waals surface area contributed by atoms with Gasteiger partial charge in [-0.2, -0.15) is 0 Å². The van der Waals surface area contributed by atoms with Crippen LogP contribution < -0.4 is 10.6 Å². The van der Waals surface area contributed by atoms with Crippen molar-refractivity contribution in [3.05, 3.63) is 0 Å². The predicted molar refractivity (Wildman–Crippen MR) is 63.6 cm³/mol. The molecule has 5 nitrogen and oxygen atoms in total. The van der Waals surface area contributed by atoms with Crippen LogP contribution in [0.1, 0.15) is 0 Å². The van der Waals surface area contributed by atoms with Crippen LogP contribution in [0.25, 0.3) is 0 Å². The minimum atomic E-state index is 0.0427. The highest BCUT2D eigenvalue weighted by Gasteiger charge is 2.34. The maximum Gasteiger partial charge on any atom is 0.169 e. The first-order valence-electron chi connectivity index (χ1n) is 6.06. The van der Waals surface area contributed by atoms with Crippen molar-refractivity contribution >= 4 is 5.78 Å². The van der Waals surface area contributed by atoms with Crippen LogP contribution in [0.4, 0.5) is 0 Å². The molecule has 0 saturated carbocycles. The highest BCUT2D eigenvalue weighted by molar-refractivity contribution is 5.89. The highest BCUT2D eigenvalue weighted by atomic mass is 16.1. The fraction of sp³-hybridized carbons (Fsp3) is 0.909. The number of likely N-dealkylation sites (N-methyl/N-ethyl adjacent to an activating group) is 2. The van der Waals surface area contributed by atoms with Gasteiger partial charge < -0.3 is 10.6 Å². The van der Waals surface area contributed by atoms with Gasteiger partial charge in [-0.15, -0.1) is 0 Å². The van der Waals surface area contributed by atoms with E-state index in [1.807, 2.05) is 14.1 Å². The number of piperazine rings is 2. The SMILES string of the molecule is CN1CCNCC1C(=O)C1CNCCN1C. The lowest BCUT2D eigenvalue weighted by molar-refractivity contribution is -0.129. The molecule has 92 valence electrons. The second kappa shape index (κ2) is 5.23. The fourth-order valence-corrected chi connectivity index (χ4v) is 2.47. The molecule has 0 spiro atoms. The van der Waals surface area contributed by atoms with E-state index in [1.165, 1.54) is 0 Å². The monoisotopic (exact) mass is 226 g/mol. The number of nitrogens with one attached hydrogen (secondary N) is 2. The molecule has 2 fully saturated rings. The summed E-state index contributed by atoms with van der Waals surface area (Å²) in [5, 5.41) is 6.60. The average molecular weight is 226 g/mol. The number of hydrogen-bond acceptors (Lipinski definition) is 5. The zero-order valence-electron chi connectivity index (χ0n) is 10.2. The van der Waals surface area contributed by atoms with Gasteiger partial charge in [-0.3, -0.25) is 14.6 Å². The van der Waals surface area contributed by atoms with Gasteiger partial charge in [-0.1, -0.05) is 0 Å². The van der Waals surface area contributed by atoms with Crippen LogP contribution in [0, 0.1) is 0 Å². The Hall–Kier alpha value is -0.490. The summed E-state index contributed by atoms with van der Waals surface area (Å²) in [6, 6.07) is 0.0854. The molecule has 0 aromatic carbocycles. The summed E-state index contributed by atoms with van der Waals surface area (Å²) in [7, 11) is 4.08. The van der Waals surface area contributed by atoms with Crippen molar-refractivity contribution in [1.29, 1.82) is 0 Å². The van der Waals surface area contributed by atoms with E-state index >= 15 is 0 Å². The smallest absolute Gasteiger partial charge is 0.169 e. The lowest BCUT2D eigenvalue weighted by Crippen LogP contribution is -2.61. The zero-order chi connectivity index (χ0) is 11.5. The largest absolute Gasteiger partial charge is 0.313 e. The maximum absolute atomic E-state index is 12.4. The minimum Gasteiger partial charge on any atom is -0.313 e.